The van der Waals surface area contributed by atoms with Gasteiger partial charge in [0, 0.05) is 18.0 Å². The Morgan fingerprint density at radius 3 is 2.31 bits per heavy atom. The van der Waals surface area contributed by atoms with E-state index in [1.54, 1.807) is 0 Å². The zero-order chi connectivity index (χ0) is 10.1. The maximum atomic E-state index is 11.3. The summed E-state index contributed by atoms with van der Waals surface area (Å²) in [6, 6.07) is 0. The fraction of sp³-hybridized carbons (Fsp3) is 0.900. The van der Waals surface area contributed by atoms with Crippen molar-refractivity contribution in [1.29, 1.82) is 0 Å². The van der Waals surface area contributed by atoms with Crippen molar-refractivity contribution in [3.05, 3.63) is 0 Å². The van der Waals surface area contributed by atoms with Gasteiger partial charge in [-0.1, -0.05) is 13.8 Å². The second-order valence-corrected chi connectivity index (χ2v) is 4.49. The summed E-state index contributed by atoms with van der Waals surface area (Å²) in [5, 5.41) is 2.99. The van der Waals surface area contributed by atoms with E-state index in [0.29, 0.717) is 0 Å². The maximum absolute atomic E-state index is 11.3. The number of carbonyl (C=O) groups is 1. The Balaban J connectivity index is 2.31. The van der Waals surface area contributed by atoms with E-state index in [4.69, 9.17) is 0 Å². The number of nitrogens with one attached hydrogen (secondary N) is 1. The van der Waals surface area contributed by atoms with Crippen molar-refractivity contribution in [1.82, 2.24) is 10.2 Å². The smallest absolute Gasteiger partial charge is 0.222 e. The summed E-state index contributed by atoms with van der Waals surface area (Å²) in [5.74, 6) is 0.256. The molecule has 1 saturated carbocycles. The highest BCUT2D eigenvalue weighted by molar-refractivity contribution is 5.77. The van der Waals surface area contributed by atoms with Gasteiger partial charge in [-0.15, -0.1) is 0 Å². The lowest BCUT2D eigenvalue weighted by Crippen LogP contribution is -2.43. The average Bonchev–Trinajstić information content (AvgIpc) is 2.80. The summed E-state index contributed by atoms with van der Waals surface area (Å²) in [5.41, 5.74) is 0.268. The summed E-state index contributed by atoms with van der Waals surface area (Å²) in [7, 11) is 4.16. The molecule has 0 heterocycles. The molecule has 0 atom stereocenters. The molecule has 1 rings (SSSR count). The van der Waals surface area contributed by atoms with Crippen LogP contribution in [0.3, 0.4) is 0 Å². The van der Waals surface area contributed by atoms with Gasteiger partial charge in [-0.25, -0.2) is 0 Å². The lowest BCUT2D eigenvalue weighted by atomic mass is 10.2. The fourth-order valence-corrected chi connectivity index (χ4v) is 1.38. The van der Waals surface area contributed by atoms with Crippen molar-refractivity contribution in [2.75, 3.05) is 20.6 Å². The van der Waals surface area contributed by atoms with Crippen molar-refractivity contribution >= 4 is 5.91 Å². The van der Waals surface area contributed by atoms with E-state index in [1.165, 1.54) is 12.8 Å². The highest BCUT2D eigenvalue weighted by Gasteiger charge is 2.44. The number of hydrogen-bond acceptors (Lipinski definition) is 2. The standard InChI is InChI=1S/C10H20N2O/c1-8(2)9(13)11-7-10(5-6-10)12(3)4/h8H,5-7H2,1-4H3,(H,11,13). The van der Waals surface area contributed by atoms with Gasteiger partial charge in [0.15, 0.2) is 0 Å². The van der Waals surface area contributed by atoms with Gasteiger partial charge in [0.2, 0.25) is 5.91 Å². The van der Waals surface area contributed by atoms with Crippen LogP contribution in [-0.4, -0.2) is 37.0 Å². The Kier molecular flexibility index (Phi) is 2.96. The quantitative estimate of drug-likeness (QED) is 0.702. The molecule has 0 aliphatic heterocycles. The molecule has 0 saturated heterocycles. The molecule has 0 radical (unpaired) electrons. The second kappa shape index (κ2) is 3.66. The Labute approximate surface area is 80.5 Å². The monoisotopic (exact) mass is 184 g/mol. The van der Waals surface area contributed by atoms with Gasteiger partial charge in [-0.2, -0.15) is 0 Å². The summed E-state index contributed by atoms with van der Waals surface area (Å²) in [6.07, 6.45) is 2.41. The van der Waals surface area contributed by atoms with Crippen molar-refractivity contribution < 1.29 is 4.79 Å². The first-order valence-corrected chi connectivity index (χ1v) is 4.93. The van der Waals surface area contributed by atoms with E-state index in [1.807, 2.05) is 13.8 Å². The Morgan fingerprint density at radius 1 is 1.46 bits per heavy atom. The molecule has 0 spiro atoms. The highest BCUT2D eigenvalue weighted by Crippen LogP contribution is 2.39. The third-order valence-corrected chi connectivity index (χ3v) is 2.89. The Bertz CT molecular complexity index is 195. The Hall–Kier alpha value is -0.570. The molecule has 3 heteroatoms. The van der Waals surface area contributed by atoms with Gasteiger partial charge in [0.05, 0.1) is 0 Å². The fourth-order valence-electron chi connectivity index (χ4n) is 1.38. The van der Waals surface area contributed by atoms with Crippen molar-refractivity contribution in [3.8, 4) is 0 Å². The van der Waals surface area contributed by atoms with Crippen LogP contribution in [0.25, 0.3) is 0 Å². The molecular weight excluding hydrogens is 164 g/mol. The molecule has 13 heavy (non-hydrogen) atoms. The van der Waals surface area contributed by atoms with Crippen LogP contribution in [0.15, 0.2) is 0 Å². The normalized spacial score (nSPS) is 19.2. The molecule has 0 aromatic rings. The zero-order valence-corrected chi connectivity index (χ0v) is 9.05. The number of likely N-dealkylation sites (N-methyl/N-ethyl adjacent to an activating group) is 1. The highest BCUT2D eigenvalue weighted by atomic mass is 16.1. The number of carbonyl (C=O) groups excluding carboxylic acids is 1. The SMILES string of the molecule is CC(C)C(=O)NCC1(N(C)C)CC1. The van der Waals surface area contributed by atoms with E-state index in [0.717, 1.165) is 6.54 Å². The van der Waals surface area contributed by atoms with Gasteiger partial charge >= 0.3 is 0 Å². The van der Waals surface area contributed by atoms with E-state index >= 15 is 0 Å². The van der Waals surface area contributed by atoms with Crippen LogP contribution in [0, 0.1) is 5.92 Å². The second-order valence-electron chi connectivity index (χ2n) is 4.49. The van der Waals surface area contributed by atoms with Gasteiger partial charge in [-0.05, 0) is 26.9 Å². The average molecular weight is 184 g/mol. The molecule has 1 aliphatic rings. The van der Waals surface area contributed by atoms with Crippen LogP contribution in [0.5, 0.6) is 0 Å². The summed E-state index contributed by atoms with van der Waals surface area (Å²) in [4.78, 5) is 13.5. The molecule has 1 N–H and O–H groups in total. The maximum Gasteiger partial charge on any atom is 0.222 e. The molecule has 1 amide bonds. The van der Waals surface area contributed by atoms with E-state index in [9.17, 15) is 4.79 Å². The molecular formula is C10H20N2O. The summed E-state index contributed by atoms with van der Waals surface area (Å²) in [6.45, 7) is 4.64. The minimum absolute atomic E-state index is 0.0953. The van der Waals surface area contributed by atoms with Crippen LogP contribution < -0.4 is 5.32 Å². The topological polar surface area (TPSA) is 32.3 Å². The lowest BCUT2D eigenvalue weighted by Gasteiger charge is -2.24. The lowest BCUT2D eigenvalue weighted by molar-refractivity contribution is -0.124. The van der Waals surface area contributed by atoms with Crippen molar-refractivity contribution in [2.24, 2.45) is 5.92 Å². The molecule has 76 valence electrons. The first-order chi connectivity index (χ1) is 5.98. The van der Waals surface area contributed by atoms with Crippen LogP contribution >= 0.6 is 0 Å². The largest absolute Gasteiger partial charge is 0.354 e. The zero-order valence-electron chi connectivity index (χ0n) is 9.05. The molecule has 3 nitrogen and oxygen atoms in total. The predicted molar refractivity (Wildman–Crippen MR) is 53.5 cm³/mol. The minimum Gasteiger partial charge on any atom is -0.354 e. The third kappa shape index (κ3) is 2.44. The van der Waals surface area contributed by atoms with E-state index < -0.39 is 0 Å². The molecule has 0 aromatic heterocycles. The predicted octanol–water partition coefficient (Wildman–Crippen LogP) is 0.853. The minimum atomic E-state index is 0.0953. The number of nitrogens with zero attached hydrogens (tertiary/aromatic N) is 1. The van der Waals surface area contributed by atoms with E-state index in [2.05, 4.69) is 24.3 Å². The van der Waals surface area contributed by atoms with Gasteiger partial charge in [0.25, 0.3) is 0 Å². The van der Waals surface area contributed by atoms with Gasteiger partial charge in [-0.3, -0.25) is 4.79 Å². The first kappa shape index (κ1) is 10.5. The number of hydrogen-bond donors (Lipinski definition) is 1. The van der Waals surface area contributed by atoms with Crippen LogP contribution in [-0.2, 0) is 4.79 Å². The molecule has 0 bridgehead atoms. The van der Waals surface area contributed by atoms with E-state index in [-0.39, 0.29) is 17.4 Å². The number of rotatable bonds is 4. The van der Waals surface area contributed by atoms with Crippen molar-refractivity contribution in [2.45, 2.75) is 32.2 Å². The molecule has 0 aromatic carbocycles. The van der Waals surface area contributed by atoms with Crippen LogP contribution in [0.1, 0.15) is 26.7 Å². The first-order valence-electron chi connectivity index (χ1n) is 4.93. The molecule has 0 unspecified atom stereocenters. The van der Waals surface area contributed by atoms with Crippen molar-refractivity contribution in [3.63, 3.8) is 0 Å². The van der Waals surface area contributed by atoms with Crippen LogP contribution in [0.2, 0.25) is 0 Å². The Morgan fingerprint density at radius 2 is 2.00 bits per heavy atom. The third-order valence-electron chi connectivity index (χ3n) is 2.89. The molecule has 1 aliphatic carbocycles. The summed E-state index contributed by atoms with van der Waals surface area (Å²) < 4.78 is 0. The van der Waals surface area contributed by atoms with Gasteiger partial charge < -0.3 is 10.2 Å². The van der Waals surface area contributed by atoms with Crippen LogP contribution in [0.4, 0.5) is 0 Å². The van der Waals surface area contributed by atoms with Gasteiger partial charge in [0.1, 0.15) is 0 Å². The summed E-state index contributed by atoms with van der Waals surface area (Å²) >= 11 is 0. The number of amides is 1. The molecule has 1 fully saturated rings.